The summed E-state index contributed by atoms with van der Waals surface area (Å²) in [5.74, 6) is -0.521. The Hall–Kier alpha value is -3.42. The zero-order valence-corrected chi connectivity index (χ0v) is 25.6. The first-order valence-electron chi connectivity index (χ1n) is 15.8. The van der Waals surface area contributed by atoms with Gasteiger partial charge in [-0.15, -0.1) is 0 Å². The maximum Gasteiger partial charge on any atom is 0.225 e. The van der Waals surface area contributed by atoms with Gasteiger partial charge in [0, 0.05) is 50.7 Å². The average Bonchev–Trinajstić information content (AvgIpc) is 3.38. The molecule has 1 aromatic carbocycles. The normalized spacial score (nSPS) is 22.3. The van der Waals surface area contributed by atoms with Gasteiger partial charge < -0.3 is 25.7 Å². The highest BCUT2D eigenvalue weighted by atomic mass is 19.1. The highest BCUT2D eigenvalue weighted by molar-refractivity contribution is 5.79. The Bertz CT molecular complexity index is 1410. The SMILES string of the molecule is CCN(CCO)CCN(C)C(=O)C1CCC(n2c(Nc3ccc(F)cc3F)nc3cnc(NC4CCC(O)CC4)nc32)CC1. The number of rotatable bonds is 12. The number of imidazole rings is 1. The van der Waals surface area contributed by atoms with E-state index in [2.05, 4.69) is 20.5 Å². The van der Waals surface area contributed by atoms with Crippen molar-refractivity contribution >= 4 is 34.7 Å². The number of fused-ring (bicyclic) bond motifs is 1. The summed E-state index contributed by atoms with van der Waals surface area (Å²) in [6, 6.07) is 3.47. The van der Waals surface area contributed by atoms with Crippen molar-refractivity contribution in [2.75, 3.05) is 50.5 Å². The molecule has 240 valence electrons. The minimum Gasteiger partial charge on any atom is -0.395 e. The van der Waals surface area contributed by atoms with Crippen LogP contribution in [0.3, 0.4) is 0 Å². The molecule has 2 aliphatic carbocycles. The summed E-state index contributed by atoms with van der Waals surface area (Å²) < 4.78 is 30.2. The van der Waals surface area contributed by atoms with Gasteiger partial charge in [0.25, 0.3) is 0 Å². The van der Waals surface area contributed by atoms with Crippen LogP contribution in [0, 0.1) is 17.6 Å². The lowest BCUT2D eigenvalue weighted by Gasteiger charge is -2.32. The van der Waals surface area contributed by atoms with Gasteiger partial charge in [-0.25, -0.2) is 18.7 Å². The van der Waals surface area contributed by atoms with Gasteiger partial charge in [-0.05, 0) is 70.0 Å². The van der Waals surface area contributed by atoms with Crippen LogP contribution < -0.4 is 10.6 Å². The monoisotopic (exact) mass is 614 g/mol. The van der Waals surface area contributed by atoms with Crippen LogP contribution in [0.2, 0.25) is 0 Å². The Morgan fingerprint density at radius 2 is 1.80 bits per heavy atom. The molecule has 2 fully saturated rings. The van der Waals surface area contributed by atoms with Crippen molar-refractivity contribution in [1.82, 2.24) is 29.3 Å². The molecule has 3 aromatic rings. The fourth-order valence-electron chi connectivity index (χ4n) is 6.37. The largest absolute Gasteiger partial charge is 0.395 e. The van der Waals surface area contributed by atoms with E-state index >= 15 is 0 Å². The van der Waals surface area contributed by atoms with E-state index in [0.29, 0.717) is 68.4 Å². The first kappa shape index (κ1) is 32.0. The molecule has 4 N–H and O–H groups in total. The number of hydrogen-bond donors (Lipinski definition) is 4. The van der Waals surface area contributed by atoms with Crippen molar-refractivity contribution in [1.29, 1.82) is 0 Å². The lowest BCUT2D eigenvalue weighted by Crippen LogP contribution is -2.40. The summed E-state index contributed by atoms with van der Waals surface area (Å²) in [4.78, 5) is 31.2. The molecular weight excluding hydrogens is 570 g/mol. The molecule has 2 heterocycles. The number of aromatic nitrogens is 4. The standard InChI is InChI=1S/C31H44F2N8O3/c1-3-40(16-17-42)15-14-39(2)29(44)20-4-9-23(10-5-20)41-28-27(37-31(41)36-26-13-6-21(32)18-25(26)33)19-34-30(38-28)35-22-7-11-24(43)12-8-22/h6,13,18-20,22-24,42-43H,3-5,7-12,14-17H2,1-2H3,(H,36,37)(H,34,35,38). The molecule has 0 bridgehead atoms. The predicted molar refractivity (Wildman–Crippen MR) is 165 cm³/mol. The number of nitrogens with zero attached hydrogens (tertiary/aromatic N) is 6. The van der Waals surface area contributed by atoms with Crippen molar-refractivity contribution < 1.29 is 23.8 Å². The van der Waals surface area contributed by atoms with E-state index in [1.807, 2.05) is 18.5 Å². The van der Waals surface area contributed by atoms with Crippen LogP contribution in [0.1, 0.15) is 64.3 Å². The smallest absolute Gasteiger partial charge is 0.225 e. The second-order valence-electron chi connectivity index (χ2n) is 12.0. The number of hydrogen-bond acceptors (Lipinski definition) is 9. The molecule has 44 heavy (non-hydrogen) atoms. The Morgan fingerprint density at radius 3 is 2.48 bits per heavy atom. The summed E-state index contributed by atoms with van der Waals surface area (Å²) in [7, 11) is 1.84. The number of aliphatic hydroxyl groups is 2. The van der Waals surface area contributed by atoms with Gasteiger partial charge in [-0.2, -0.15) is 4.98 Å². The molecule has 11 nitrogen and oxygen atoms in total. The Labute approximate surface area is 256 Å². The lowest BCUT2D eigenvalue weighted by atomic mass is 9.85. The number of anilines is 3. The predicted octanol–water partition coefficient (Wildman–Crippen LogP) is 4.07. The van der Waals surface area contributed by atoms with Crippen LogP contribution in [0.5, 0.6) is 0 Å². The number of nitrogens with one attached hydrogen (secondary N) is 2. The second-order valence-corrected chi connectivity index (χ2v) is 12.0. The third kappa shape index (κ3) is 7.62. The molecule has 0 saturated heterocycles. The van der Waals surface area contributed by atoms with Crippen LogP contribution in [0.25, 0.3) is 11.2 Å². The van der Waals surface area contributed by atoms with E-state index in [9.17, 15) is 23.8 Å². The Morgan fingerprint density at radius 1 is 1.05 bits per heavy atom. The van der Waals surface area contributed by atoms with E-state index in [1.165, 1.54) is 12.1 Å². The van der Waals surface area contributed by atoms with E-state index in [0.717, 1.165) is 38.3 Å². The summed E-state index contributed by atoms with van der Waals surface area (Å²) >= 11 is 0. The molecule has 13 heteroatoms. The third-order valence-electron chi connectivity index (χ3n) is 9.04. The number of likely N-dealkylation sites (N-methyl/N-ethyl adjacent to an activating group) is 2. The van der Waals surface area contributed by atoms with Crippen LogP contribution in [0.15, 0.2) is 24.4 Å². The van der Waals surface area contributed by atoms with Gasteiger partial charge in [0.2, 0.25) is 17.8 Å². The van der Waals surface area contributed by atoms with Crippen molar-refractivity contribution in [3.8, 4) is 0 Å². The van der Waals surface area contributed by atoms with Gasteiger partial charge >= 0.3 is 0 Å². The number of carbonyl (C=O) groups excluding carboxylic acids is 1. The van der Waals surface area contributed by atoms with Crippen LogP contribution >= 0.6 is 0 Å². The van der Waals surface area contributed by atoms with Gasteiger partial charge in [0.05, 0.1) is 24.6 Å². The summed E-state index contributed by atoms with van der Waals surface area (Å²) in [5, 5.41) is 25.6. The molecule has 1 amide bonds. The Balaban J connectivity index is 1.34. The zero-order chi connectivity index (χ0) is 31.2. The van der Waals surface area contributed by atoms with E-state index in [-0.39, 0.29) is 42.3 Å². The van der Waals surface area contributed by atoms with Crippen LogP contribution in [0.4, 0.5) is 26.4 Å². The summed E-state index contributed by atoms with van der Waals surface area (Å²) in [6.07, 6.45) is 7.26. The van der Waals surface area contributed by atoms with Crippen molar-refractivity contribution in [2.45, 2.75) is 76.5 Å². The van der Waals surface area contributed by atoms with Gasteiger partial charge in [-0.1, -0.05) is 6.92 Å². The average molecular weight is 615 g/mol. The quantitative estimate of drug-likeness (QED) is 0.238. The number of benzene rings is 1. The number of halogens is 2. The van der Waals surface area contributed by atoms with Crippen LogP contribution in [-0.2, 0) is 4.79 Å². The molecular formula is C31H44F2N8O3. The third-order valence-corrected chi connectivity index (χ3v) is 9.04. The van der Waals surface area contributed by atoms with Crippen molar-refractivity contribution in [3.05, 3.63) is 36.0 Å². The fraction of sp³-hybridized carbons (Fsp3) is 0.613. The van der Waals surface area contributed by atoms with Gasteiger partial charge in [0.15, 0.2) is 5.65 Å². The molecule has 2 saturated carbocycles. The summed E-state index contributed by atoms with van der Waals surface area (Å²) in [5.41, 5.74) is 1.24. The maximum atomic E-state index is 14.7. The maximum absolute atomic E-state index is 14.7. The Kier molecular flexibility index (Phi) is 10.6. The van der Waals surface area contributed by atoms with E-state index in [1.54, 1.807) is 11.1 Å². The molecule has 0 spiro atoms. The minimum atomic E-state index is -0.727. The minimum absolute atomic E-state index is 0.0481. The van der Waals surface area contributed by atoms with Crippen molar-refractivity contribution in [2.24, 2.45) is 5.92 Å². The highest BCUT2D eigenvalue weighted by Crippen LogP contribution is 2.38. The summed E-state index contributed by atoms with van der Waals surface area (Å²) in [6.45, 7) is 4.85. The number of amides is 1. The van der Waals surface area contributed by atoms with E-state index in [4.69, 9.17) is 9.97 Å². The lowest BCUT2D eigenvalue weighted by molar-refractivity contribution is -0.135. The van der Waals surface area contributed by atoms with Crippen molar-refractivity contribution in [3.63, 3.8) is 0 Å². The van der Waals surface area contributed by atoms with Gasteiger partial charge in [0.1, 0.15) is 17.2 Å². The van der Waals surface area contributed by atoms with Crippen LogP contribution in [-0.4, -0.2) is 97.4 Å². The molecule has 2 aromatic heterocycles. The van der Waals surface area contributed by atoms with Gasteiger partial charge in [-0.3, -0.25) is 14.3 Å². The first-order valence-corrected chi connectivity index (χ1v) is 15.8. The molecule has 0 aliphatic heterocycles. The van der Waals surface area contributed by atoms with E-state index < -0.39 is 11.6 Å². The molecule has 2 aliphatic rings. The topological polar surface area (TPSA) is 132 Å². The molecule has 5 rings (SSSR count). The highest BCUT2D eigenvalue weighted by Gasteiger charge is 2.32. The number of aliphatic hydroxyl groups excluding tert-OH is 2. The molecule has 0 atom stereocenters. The fourth-order valence-corrected chi connectivity index (χ4v) is 6.37. The molecule has 0 unspecified atom stereocenters. The first-order chi connectivity index (χ1) is 21.2. The molecule has 0 radical (unpaired) electrons. The number of carbonyl (C=O) groups is 1. The zero-order valence-electron chi connectivity index (χ0n) is 25.6. The second kappa shape index (κ2) is 14.6.